The van der Waals surface area contributed by atoms with E-state index in [4.69, 9.17) is 27.9 Å². The molecule has 0 saturated heterocycles. The smallest absolute Gasteiger partial charge is 0.306 e. The van der Waals surface area contributed by atoms with Gasteiger partial charge in [-0.1, -0.05) is 66.5 Å². The van der Waals surface area contributed by atoms with E-state index in [1.54, 1.807) is 18.2 Å². The third kappa shape index (κ3) is 5.25. The summed E-state index contributed by atoms with van der Waals surface area (Å²) in [5.74, 6) is -0.919. The number of benzene rings is 2. The lowest BCUT2D eigenvalue weighted by atomic mass is 9.98. The molecule has 0 bridgehead atoms. The van der Waals surface area contributed by atoms with Gasteiger partial charge in [-0.15, -0.1) is 0 Å². The summed E-state index contributed by atoms with van der Waals surface area (Å²) in [6.07, 6.45) is 0.199. The van der Waals surface area contributed by atoms with Crippen LogP contribution in [0.1, 0.15) is 24.8 Å². The highest BCUT2D eigenvalue weighted by Gasteiger charge is 2.15. The number of anilines is 1. The van der Waals surface area contributed by atoms with E-state index in [1.807, 2.05) is 37.3 Å². The zero-order valence-corrected chi connectivity index (χ0v) is 14.6. The Balaban J connectivity index is 1.82. The summed E-state index contributed by atoms with van der Waals surface area (Å²) in [5.41, 5.74) is 1.35. The van der Waals surface area contributed by atoms with Gasteiger partial charge in [0.15, 0.2) is 6.61 Å². The fourth-order valence-electron chi connectivity index (χ4n) is 2.15. The summed E-state index contributed by atoms with van der Waals surface area (Å²) in [6, 6.07) is 14.5. The van der Waals surface area contributed by atoms with Gasteiger partial charge in [-0.3, -0.25) is 9.59 Å². The molecule has 0 aromatic heterocycles. The van der Waals surface area contributed by atoms with Crippen molar-refractivity contribution in [3.63, 3.8) is 0 Å². The lowest BCUT2D eigenvalue weighted by Gasteiger charge is -2.12. The van der Waals surface area contributed by atoms with Crippen LogP contribution in [0.15, 0.2) is 48.5 Å². The Labute approximate surface area is 150 Å². The maximum atomic E-state index is 11.9. The van der Waals surface area contributed by atoms with Gasteiger partial charge in [0.25, 0.3) is 5.91 Å². The number of amides is 1. The van der Waals surface area contributed by atoms with Crippen LogP contribution >= 0.6 is 23.2 Å². The van der Waals surface area contributed by atoms with Crippen molar-refractivity contribution in [2.75, 3.05) is 11.9 Å². The second kappa shape index (κ2) is 8.71. The first-order valence-corrected chi connectivity index (χ1v) is 8.17. The van der Waals surface area contributed by atoms with Gasteiger partial charge < -0.3 is 10.1 Å². The fraction of sp³-hybridized carbons (Fsp3) is 0.222. The van der Waals surface area contributed by atoms with E-state index in [1.165, 1.54) is 0 Å². The highest BCUT2D eigenvalue weighted by molar-refractivity contribution is 6.39. The summed E-state index contributed by atoms with van der Waals surface area (Å²) < 4.78 is 5.01. The summed E-state index contributed by atoms with van der Waals surface area (Å²) >= 11 is 11.9. The number of halogens is 2. The van der Waals surface area contributed by atoms with E-state index in [0.29, 0.717) is 15.7 Å². The molecule has 1 atom stereocenters. The summed E-state index contributed by atoms with van der Waals surface area (Å²) in [6.45, 7) is 1.54. The summed E-state index contributed by atoms with van der Waals surface area (Å²) in [7, 11) is 0. The van der Waals surface area contributed by atoms with Crippen LogP contribution in [-0.2, 0) is 14.3 Å². The predicted molar refractivity (Wildman–Crippen MR) is 95.5 cm³/mol. The fourth-order valence-corrected chi connectivity index (χ4v) is 2.64. The molecule has 24 heavy (non-hydrogen) atoms. The van der Waals surface area contributed by atoms with Crippen LogP contribution < -0.4 is 5.32 Å². The summed E-state index contributed by atoms with van der Waals surface area (Å²) in [5, 5.41) is 3.18. The molecule has 0 saturated carbocycles. The van der Waals surface area contributed by atoms with Gasteiger partial charge in [0.05, 0.1) is 22.2 Å². The molecule has 4 nitrogen and oxygen atoms in total. The molecule has 2 aromatic carbocycles. The molecule has 6 heteroatoms. The molecule has 0 unspecified atom stereocenters. The largest absolute Gasteiger partial charge is 0.456 e. The van der Waals surface area contributed by atoms with Crippen molar-refractivity contribution in [1.29, 1.82) is 0 Å². The minimum atomic E-state index is -0.495. The second-order valence-corrected chi connectivity index (χ2v) is 6.14. The Morgan fingerprint density at radius 1 is 1.04 bits per heavy atom. The van der Waals surface area contributed by atoms with E-state index >= 15 is 0 Å². The lowest BCUT2D eigenvalue weighted by Crippen LogP contribution is -2.21. The first-order chi connectivity index (χ1) is 11.5. The highest BCUT2D eigenvalue weighted by Crippen LogP contribution is 2.29. The standard InChI is InChI=1S/C18H17Cl2NO3/c1-12(13-6-3-2-4-7-13)10-17(23)24-11-16(22)21-18-14(19)8-5-9-15(18)20/h2-9,12H,10-11H2,1H3,(H,21,22)/t12-/m1/s1. The van der Waals surface area contributed by atoms with Crippen molar-refractivity contribution in [2.24, 2.45) is 0 Å². The normalized spacial score (nSPS) is 11.6. The van der Waals surface area contributed by atoms with Crippen molar-refractivity contribution in [2.45, 2.75) is 19.3 Å². The number of hydrogen-bond acceptors (Lipinski definition) is 3. The average molecular weight is 366 g/mol. The SMILES string of the molecule is C[C@H](CC(=O)OCC(=O)Nc1c(Cl)cccc1Cl)c1ccccc1. The van der Waals surface area contributed by atoms with Gasteiger partial charge in [-0.25, -0.2) is 0 Å². The Morgan fingerprint density at radius 2 is 1.67 bits per heavy atom. The van der Waals surface area contributed by atoms with Gasteiger partial charge in [0.2, 0.25) is 0 Å². The van der Waals surface area contributed by atoms with Crippen molar-refractivity contribution in [3.8, 4) is 0 Å². The lowest BCUT2D eigenvalue weighted by molar-refractivity contribution is -0.147. The first kappa shape index (κ1) is 18.3. The predicted octanol–water partition coefficient (Wildman–Crippen LogP) is 4.67. The van der Waals surface area contributed by atoms with E-state index in [-0.39, 0.29) is 18.9 Å². The number of nitrogens with one attached hydrogen (secondary N) is 1. The zero-order valence-electron chi connectivity index (χ0n) is 13.1. The van der Waals surface area contributed by atoms with E-state index < -0.39 is 11.9 Å². The number of ether oxygens (including phenoxy) is 1. The van der Waals surface area contributed by atoms with Gasteiger partial charge in [0.1, 0.15) is 0 Å². The Morgan fingerprint density at radius 3 is 2.29 bits per heavy atom. The van der Waals surface area contributed by atoms with Crippen molar-refractivity contribution in [1.82, 2.24) is 0 Å². The molecule has 1 amide bonds. The van der Waals surface area contributed by atoms with Crippen LogP contribution in [0.4, 0.5) is 5.69 Å². The molecule has 0 aliphatic heterocycles. The van der Waals surface area contributed by atoms with Gasteiger partial charge in [0, 0.05) is 0 Å². The Bertz CT molecular complexity index is 699. The van der Waals surface area contributed by atoms with Crippen molar-refractivity contribution >= 4 is 40.8 Å². The van der Waals surface area contributed by atoms with Crippen LogP contribution in [0.25, 0.3) is 0 Å². The number of hydrogen-bond donors (Lipinski definition) is 1. The first-order valence-electron chi connectivity index (χ1n) is 7.42. The van der Waals surface area contributed by atoms with E-state index in [9.17, 15) is 9.59 Å². The molecule has 0 fully saturated rings. The van der Waals surface area contributed by atoms with Crippen molar-refractivity contribution in [3.05, 3.63) is 64.1 Å². The van der Waals surface area contributed by atoms with Gasteiger partial charge in [-0.2, -0.15) is 0 Å². The number of carbonyl (C=O) groups is 2. The number of esters is 1. The van der Waals surface area contributed by atoms with Crippen molar-refractivity contribution < 1.29 is 14.3 Å². The molecule has 0 heterocycles. The molecule has 126 valence electrons. The van der Waals surface area contributed by atoms with Crippen LogP contribution in [0.2, 0.25) is 10.0 Å². The van der Waals surface area contributed by atoms with E-state index in [0.717, 1.165) is 5.56 Å². The maximum absolute atomic E-state index is 11.9. The van der Waals surface area contributed by atoms with Crippen LogP contribution in [0.3, 0.4) is 0 Å². The Kier molecular flexibility index (Phi) is 6.64. The monoisotopic (exact) mass is 365 g/mol. The second-order valence-electron chi connectivity index (χ2n) is 5.32. The quantitative estimate of drug-likeness (QED) is 0.756. The molecule has 0 aliphatic carbocycles. The Hall–Kier alpha value is -2.04. The van der Waals surface area contributed by atoms with Crippen LogP contribution in [0, 0.1) is 0 Å². The van der Waals surface area contributed by atoms with Crippen LogP contribution in [-0.4, -0.2) is 18.5 Å². The van der Waals surface area contributed by atoms with Crippen LogP contribution in [0.5, 0.6) is 0 Å². The molecule has 1 N–H and O–H groups in total. The highest BCUT2D eigenvalue weighted by atomic mass is 35.5. The van der Waals surface area contributed by atoms with Gasteiger partial charge in [-0.05, 0) is 23.6 Å². The number of rotatable bonds is 6. The maximum Gasteiger partial charge on any atom is 0.306 e. The number of carbonyl (C=O) groups excluding carboxylic acids is 2. The summed E-state index contributed by atoms with van der Waals surface area (Å²) in [4.78, 5) is 23.7. The molecule has 0 radical (unpaired) electrons. The molecule has 0 aliphatic rings. The topological polar surface area (TPSA) is 55.4 Å². The number of para-hydroxylation sites is 1. The zero-order chi connectivity index (χ0) is 17.5. The van der Waals surface area contributed by atoms with Gasteiger partial charge >= 0.3 is 5.97 Å². The molecule has 2 aromatic rings. The average Bonchev–Trinajstić information content (AvgIpc) is 2.57. The minimum Gasteiger partial charge on any atom is -0.456 e. The third-order valence-corrected chi connectivity index (χ3v) is 4.06. The molecule has 0 spiro atoms. The third-order valence-electron chi connectivity index (χ3n) is 3.43. The van der Waals surface area contributed by atoms with E-state index in [2.05, 4.69) is 5.32 Å². The molecular formula is C18H17Cl2NO3. The molecular weight excluding hydrogens is 349 g/mol. The molecule has 2 rings (SSSR count). The minimum absolute atomic E-state index is 0.0137.